The zero-order chi connectivity index (χ0) is 83.6. The number of nitrogens with two attached hydrogens (primary N) is 1. The van der Waals surface area contributed by atoms with Crippen molar-refractivity contribution in [3.8, 4) is 11.4 Å². The first-order chi connectivity index (χ1) is 56.8. The van der Waals surface area contributed by atoms with E-state index < -0.39 is 96.3 Å². The summed E-state index contributed by atoms with van der Waals surface area (Å²) in [4.78, 5) is 135. The molecule has 0 saturated carbocycles. The summed E-state index contributed by atoms with van der Waals surface area (Å²) in [5.74, 6) is -5.19. The number of fused-ring (bicyclic) bond motifs is 5. The van der Waals surface area contributed by atoms with Crippen LogP contribution in [-0.4, -0.2) is 272 Å². The van der Waals surface area contributed by atoms with Crippen molar-refractivity contribution < 1.29 is 119 Å². The third-order valence-corrected chi connectivity index (χ3v) is 18.9. The molecule has 5 aromatic rings. The van der Waals surface area contributed by atoms with Crippen molar-refractivity contribution in [3.05, 3.63) is 127 Å². The predicted octanol–water partition coefficient (Wildman–Crippen LogP) is 1.01. The zero-order valence-electron chi connectivity index (χ0n) is 66.5. The Morgan fingerprint density at radius 1 is 0.615 bits per heavy atom. The zero-order valence-corrected chi connectivity index (χ0v) is 66.5. The van der Waals surface area contributed by atoms with Crippen molar-refractivity contribution in [1.29, 1.82) is 0 Å². The number of aromatic nitrogens is 2. The molecule has 1 aliphatic carbocycles. The first kappa shape index (κ1) is 92.9. The molecule has 0 unspecified atom stereocenters. The van der Waals surface area contributed by atoms with Gasteiger partial charge in [-0.1, -0.05) is 49.4 Å². The number of amides is 8. The molecule has 4 atom stereocenters. The molecule has 0 spiro atoms. The third-order valence-electron chi connectivity index (χ3n) is 18.9. The number of esters is 1. The molecule has 0 fully saturated rings. The van der Waals surface area contributed by atoms with E-state index in [9.17, 15) is 53.1 Å². The summed E-state index contributed by atoms with van der Waals surface area (Å²) >= 11 is 0. The number of methoxy groups -OCH3 is 1. The fraction of sp³-hybridized carbons (Fsp3) is 0.562. The van der Waals surface area contributed by atoms with Crippen LogP contribution in [0.4, 0.5) is 14.9 Å². The molecule has 2 aromatic heterocycles. The number of hydrogen-bond donors (Lipinski definition) is 10. The molecular formula is C80H110FN11O25. The molecule has 11 N–H and O–H groups in total. The highest BCUT2D eigenvalue weighted by molar-refractivity contribution is 5.97. The molecule has 0 saturated heterocycles. The number of hydrogen-bond acceptors (Lipinski definition) is 27. The fourth-order valence-corrected chi connectivity index (χ4v) is 12.7. The van der Waals surface area contributed by atoms with E-state index in [4.69, 9.17) is 77.0 Å². The standard InChI is InChI=1S/C80H110FN11O25/c1-4-80(103)60-43-66-74-58(48-92(66)77(100)59(60)50-116-78(80)101)73-63(18-17-57-53(2)61(81)44-64(90-74)72(57)73)91-79(102)117-49-55-13-15-56(16-14-55)88-68(94)47-87-76(99)65(42-54-10-6-5-7-11-54)89-69(95)46-85-67(93)45-86-71(97)52-115-41-39-113-36-34-107-25-24-105-21-20-84-75(98)62(82)12-8-9-19-83-70(96)51-114-40-38-112-37-35-111-33-32-110-31-30-109-29-28-108-27-26-106-23-22-104-3/h5-7,10-11,13-16,43-44,62-63,65,103H,4,8-9,12,17-42,45-52,82H2,1-3H3,(H,83,96)(H,84,98)(H,85,93)(H,86,97)(H,87,99)(H,88,94)(H,89,95)(H,91,102)/t62-,63-,65-,80-/m0/s1. The number of halogens is 1. The van der Waals surface area contributed by atoms with Gasteiger partial charge in [0.1, 0.15) is 38.3 Å². The van der Waals surface area contributed by atoms with Crippen molar-refractivity contribution >= 4 is 70.0 Å². The minimum Gasteiger partial charge on any atom is -0.458 e. The Morgan fingerprint density at radius 2 is 1.17 bits per heavy atom. The van der Waals surface area contributed by atoms with Crippen LogP contribution in [0, 0.1) is 12.7 Å². The lowest BCUT2D eigenvalue weighted by Gasteiger charge is -2.31. The Labute approximate surface area is 677 Å². The maximum atomic E-state index is 15.5. The number of carbonyl (C=O) groups excluding carboxylic acids is 9. The number of aryl methyl sites for hydroxylation is 1. The summed E-state index contributed by atoms with van der Waals surface area (Å²) in [6.07, 6.45) is 1.70. The second-order valence-corrected chi connectivity index (χ2v) is 27.3. The van der Waals surface area contributed by atoms with Crippen LogP contribution in [0.15, 0.2) is 71.5 Å². The van der Waals surface area contributed by atoms with Crippen LogP contribution in [0.2, 0.25) is 0 Å². The first-order valence-corrected chi connectivity index (χ1v) is 39.2. The molecule has 8 rings (SSSR count). The van der Waals surface area contributed by atoms with Crippen molar-refractivity contribution in [3.63, 3.8) is 0 Å². The molecule has 642 valence electrons. The van der Waals surface area contributed by atoms with Crippen LogP contribution in [0.5, 0.6) is 0 Å². The number of carbonyl (C=O) groups is 9. The van der Waals surface area contributed by atoms with E-state index in [-0.39, 0.29) is 128 Å². The molecule has 117 heavy (non-hydrogen) atoms. The Kier molecular flexibility index (Phi) is 40.4. The maximum Gasteiger partial charge on any atom is 0.407 e. The van der Waals surface area contributed by atoms with E-state index in [2.05, 4.69) is 42.5 Å². The molecule has 0 radical (unpaired) electrons. The predicted molar refractivity (Wildman–Crippen MR) is 419 cm³/mol. The molecule has 2 aliphatic heterocycles. The van der Waals surface area contributed by atoms with Crippen LogP contribution >= 0.6 is 0 Å². The van der Waals surface area contributed by atoms with Crippen molar-refractivity contribution in [1.82, 2.24) is 46.8 Å². The Morgan fingerprint density at radius 3 is 1.77 bits per heavy atom. The van der Waals surface area contributed by atoms with E-state index in [0.29, 0.717) is 180 Å². The highest BCUT2D eigenvalue weighted by Crippen LogP contribution is 2.46. The van der Waals surface area contributed by atoms with Gasteiger partial charge in [-0.05, 0) is 91.5 Å². The van der Waals surface area contributed by atoms with Crippen LogP contribution in [0.3, 0.4) is 0 Å². The van der Waals surface area contributed by atoms with Gasteiger partial charge in [0.2, 0.25) is 41.4 Å². The number of nitrogens with one attached hydrogen (secondary N) is 8. The molecule has 4 heterocycles. The van der Waals surface area contributed by atoms with E-state index in [1.807, 2.05) is 0 Å². The summed E-state index contributed by atoms with van der Waals surface area (Å²) in [7, 11) is 1.62. The topological polar surface area (TPSA) is 460 Å². The monoisotopic (exact) mass is 1640 g/mol. The molecule has 36 nitrogen and oxygen atoms in total. The minimum atomic E-state index is -2.06. The van der Waals surface area contributed by atoms with Gasteiger partial charge in [-0.3, -0.25) is 38.4 Å². The van der Waals surface area contributed by atoms with Gasteiger partial charge < -0.3 is 124 Å². The summed E-state index contributed by atoms with van der Waals surface area (Å²) in [6.45, 7) is 9.34. The molecular weight excluding hydrogens is 1530 g/mol. The second kappa shape index (κ2) is 50.9. The number of nitrogens with zero attached hydrogens (tertiary/aromatic N) is 2. The summed E-state index contributed by atoms with van der Waals surface area (Å²) in [5.41, 5.74) is 8.85. The smallest absolute Gasteiger partial charge is 0.407 e. The number of ether oxygens (including phenoxy) is 14. The van der Waals surface area contributed by atoms with Crippen LogP contribution in [-0.2, 0) is 143 Å². The van der Waals surface area contributed by atoms with Crippen molar-refractivity contribution in [2.45, 2.75) is 102 Å². The number of unbranched alkanes of at least 4 members (excludes halogenated alkanes) is 1. The summed E-state index contributed by atoms with van der Waals surface area (Å²) in [5, 5.41) is 33.2. The lowest BCUT2D eigenvalue weighted by Crippen LogP contribution is -2.52. The van der Waals surface area contributed by atoms with Gasteiger partial charge in [0.25, 0.3) is 5.56 Å². The van der Waals surface area contributed by atoms with Gasteiger partial charge in [0.15, 0.2) is 5.60 Å². The first-order valence-electron chi connectivity index (χ1n) is 39.2. The summed E-state index contributed by atoms with van der Waals surface area (Å²) in [6, 6.07) is 15.6. The van der Waals surface area contributed by atoms with E-state index >= 15 is 4.39 Å². The van der Waals surface area contributed by atoms with Gasteiger partial charge in [-0.15, -0.1) is 0 Å². The highest BCUT2D eigenvalue weighted by Gasteiger charge is 2.46. The Bertz CT molecular complexity index is 4110. The van der Waals surface area contributed by atoms with Crippen molar-refractivity contribution in [2.24, 2.45) is 5.73 Å². The SMILES string of the molecule is CC[C@@]1(O)C(=O)OCc2c1cc1n(c2=O)Cc2c-1nc1cc(F)c(C)c3c1c2[C@@H](NC(=O)OCc1ccc(NC(=O)CNC(=O)[C@H](Cc2ccccc2)NC(=O)CNC(=O)CNC(=O)COCCOCCOCCOCCNC(=O)[C@@H](N)CCCCNC(=O)COCCOCCOCCOCCOCCOCCOCCOC)cc1)CC3. The number of anilines is 1. The third kappa shape index (κ3) is 30.7. The molecule has 37 heteroatoms. The van der Waals surface area contributed by atoms with Crippen LogP contribution in [0.1, 0.15) is 89.6 Å². The number of rotatable bonds is 58. The lowest BCUT2D eigenvalue weighted by atomic mass is 9.81. The number of alkyl carbamates (subject to hydrolysis) is 1. The fourth-order valence-electron chi connectivity index (χ4n) is 12.7. The lowest BCUT2D eigenvalue weighted by molar-refractivity contribution is -0.172. The molecule has 3 aliphatic rings. The molecule has 3 aromatic carbocycles. The number of cyclic esters (lactones) is 1. The van der Waals surface area contributed by atoms with Gasteiger partial charge in [-0.2, -0.15) is 0 Å². The summed E-state index contributed by atoms with van der Waals surface area (Å²) < 4.78 is 92.5. The van der Waals surface area contributed by atoms with E-state index in [1.165, 1.54) is 10.6 Å². The second-order valence-electron chi connectivity index (χ2n) is 27.3. The van der Waals surface area contributed by atoms with Crippen LogP contribution in [0.25, 0.3) is 22.3 Å². The van der Waals surface area contributed by atoms with Gasteiger partial charge in [-0.25, -0.2) is 19.0 Å². The van der Waals surface area contributed by atoms with E-state index in [1.54, 1.807) is 81.6 Å². The van der Waals surface area contributed by atoms with Gasteiger partial charge >= 0.3 is 12.1 Å². The normalized spacial score (nSPS) is 14.9. The quantitative estimate of drug-likeness (QED) is 0.0188. The number of benzene rings is 3. The van der Waals surface area contributed by atoms with Gasteiger partial charge in [0.05, 0.1) is 199 Å². The molecule has 0 bridgehead atoms. The average molecular weight is 1640 g/mol. The molecule has 8 amide bonds. The van der Waals surface area contributed by atoms with Gasteiger partial charge in [0, 0.05) is 54.9 Å². The van der Waals surface area contributed by atoms with E-state index in [0.717, 1.165) is 5.56 Å². The maximum absolute atomic E-state index is 15.5. The largest absolute Gasteiger partial charge is 0.458 e. The Hall–Kier alpha value is -9.58. The minimum absolute atomic E-state index is 0.0378. The highest BCUT2D eigenvalue weighted by atomic mass is 19.1. The van der Waals surface area contributed by atoms with Crippen molar-refractivity contribution in [2.75, 3.05) is 197 Å². The van der Waals surface area contributed by atoms with Crippen LogP contribution < -0.4 is 53.8 Å². The Balaban J connectivity index is 0.598. The average Bonchev–Trinajstić information content (AvgIpc) is 1.59. The number of pyridine rings is 2. The number of aliphatic hydroxyl groups is 1.